The zero-order chi connectivity index (χ0) is 17.9. The first kappa shape index (κ1) is 18.1. The third-order valence-corrected chi connectivity index (χ3v) is 3.13. The molecule has 0 unspecified atom stereocenters. The zero-order valence-electron chi connectivity index (χ0n) is 14.0. The molecular weight excluding hydrogens is 322 g/mol. The summed E-state index contributed by atoms with van der Waals surface area (Å²) in [6.45, 7) is 1.08. The van der Waals surface area contributed by atoms with Gasteiger partial charge < -0.3 is 19.9 Å². The molecule has 0 radical (unpaired) electrons. The SMILES string of the molecule is COc1ccc(OCCCOc2cccc(C=NNC(N)=O)c2)cc1. The largest absolute Gasteiger partial charge is 0.497 e. The van der Waals surface area contributed by atoms with Gasteiger partial charge in [-0.15, -0.1) is 0 Å². The number of primary amides is 1. The Balaban J connectivity index is 1.70. The lowest BCUT2D eigenvalue weighted by Gasteiger charge is -2.09. The molecule has 0 aromatic heterocycles. The second kappa shape index (κ2) is 9.82. The van der Waals surface area contributed by atoms with Gasteiger partial charge in [0, 0.05) is 6.42 Å². The predicted octanol–water partition coefficient (Wildman–Crippen LogP) is 2.55. The maximum atomic E-state index is 10.5. The summed E-state index contributed by atoms with van der Waals surface area (Å²) in [6, 6.07) is 14.1. The van der Waals surface area contributed by atoms with Crippen LogP contribution in [0.3, 0.4) is 0 Å². The highest BCUT2D eigenvalue weighted by Crippen LogP contribution is 2.17. The van der Waals surface area contributed by atoms with Crippen LogP contribution in [-0.4, -0.2) is 32.6 Å². The van der Waals surface area contributed by atoms with E-state index >= 15 is 0 Å². The number of hydrazone groups is 1. The number of nitrogens with zero attached hydrogens (tertiary/aromatic N) is 1. The van der Waals surface area contributed by atoms with Crippen molar-refractivity contribution in [2.24, 2.45) is 10.8 Å². The lowest BCUT2D eigenvalue weighted by atomic mass is 10.2. The summed E-state index contributed by atoms with van der Waals surface area (Å²) in [4.78, 5) is 10.5. The van der Waals surface area contributed by atoms with Crippen molar-refractivity contribution in [3.8, 4) is 17.2 Å². The monoisotopic (exact) mass is 343 g/mol. The molecule has 25 heavy (non-hydrogen) atoms. The fourth-order valence-corrected chi connectivity index (χ4v) is 1.97. The fraction of sp³-hybridized carbons (Fsp3) is 0.222. The molecule has 2 aromatic carbocycles. The van der Waals surface area contributed by atoms with Crippen LogP contribution in [0.2, 0.25) is 0 Å². The molecule has 2 aromatic rings. The lowest BCUT2D eigenvalue weighted by molar-refractivity contribution is 0.247. The molecule has 0 saturated heterocycles. The summed E-state index contributed by atoms with van der Waals surface area (Å²) in [7, 11) is 1.63. The van der Waals surface area contributed by atoms with Crippen LogP contribution in [0, 0.1) is 0 Å². The summed E-state index contributed by atoms with van der Waals surface area (Å²) in [5.41, 5.74) is 7.86. The number of urea groups is 1. The van der Waals surface area contributed by atoms with Crippen molar-refractivity contribution in [2.75, 3.05) is 20.3 Å². The lowest BCUT2D eigenvalue weighted by Crippen LogP contribution is -2.24. The van der Waals surface area contributed by atoms with Crippen molar-refractivity contribution in [2.45, 2.75) is 6.42 Å². The summed E-state index contributed by atoms with van der Waals surface area (Å²) in [6.07, 6.45) is 2.23. The van der Waals surface area contributed by atoms with Crippen molar-refractivity contribution in [3.63, 3.8) is 0 Å². The Morgan fingerprint density at radius 3 is 2.44 bits per heavy atom. The smallest absolute Gasteiger partial charge is 0.332 e. The van der Waals surface area contributed by atoms with Crippen molar-refractivity contribution >= 4 is 12.2 Å². The van der Waals surface area contributed by atoms with Crippen LogP contribution in [0.4, 0.5) is 4.79 Å². The van der Waals surface area contributed by atoms with Gasteiger partial charge in [-0.05, 0) is 42.0 Å². The highest BCUT2D eigenvalue weighted by Gasteiger charge is 1.98. The number of carbonyl (C=O) groups is 1. The quantitative estimate of drug-likeness (QED) is 0.415. The van der Waals surface area contributed by atoms with Gasteiger partial charge in [-0.3, -0.25) is 0 Å². The number of methoxy groups -OCH3 is 1. The molecule has 0 spiro atoms. The number of nitrogens with one attached hydrogen (secondary N) is 1. The summed E-state index contributed by atoms with van der Waals surface area (Å²) >= 11 is 0. The minimum absolute atomic E-state index is 0.524. The Hall–Kier alpha value is -3.22. The van der Waals surface area contributed by atoms with E-state index in [1.54, 1.807) is 7.11 Å². The molecule has 0 bridgehead atoms. The van der Waals surface area contributed by atoms with E-state index in [0.717, 1.165) is 23.5 Å². The van der Waals surface area contributed by atoms with E-state index in [2.05, 4.69) is 10.5 Å². The van der Waals surface area contributed by atoms with Crippen LogP contribution in [0.1, 0.15) is 12.0 Å². The topological polar surface area (TPSA) is 95.2 Å². The van der Waals surface area contributed by atoms with Crippen LogP contribution < -0.4 is 25.4 Å². The van der Waals surface area contributed by atoms with Gasteiger partial charge in [-0.2, -0.15) is 5.10 Å². The minimum Gasteiger partial charge on any atom is -0.497 e. The number of rotatable bonds is 9. The van der Waals surface area contributed by atoms with Crippen molar-refractivity contribution in [1.29, 1.82) is 0 Å². The van der Waals surface area contributed by atoms with Crippen molar-refractivity contribution in [1.82, 2.24) is 5.43 Å². The van der Waals surface area contributed by atoms with Gasteiger partial charge in [-0.1, -0.05) is 12.1 Å². The fourth-order valence-electron chi connectivity index (χ4n) is 1.97. The number of hydrogen-bond donors (Lipinski definition) is 2. The number of carbonyl (C=O) groups excluding carboxylic acids is 1. The Morgan fingerprint density at radius 1 is 1.08 bits per heavy atom. The molecule has 0 aliphatic heterocycles. The van der Waals surface area contributed by atoms with E-state index in [4.69, 9.17) is 19.9 Å². The van der Waals surface area contributed by atoms with E-state index < -0.39 is 6.03 Å². The van der Waals surface area contributed by atoms with Gasteiger partial charge in [0.25, 0.3) is 0 Å². The summed E-state index contributed by atoms with van der Waals surface area (Å²) in [5, 5.41) is 3.70. The van der Waals surface area contributed by atoms with Gasteiger partial charge in [0.1, 0.15) is 17.2 Å². The van der Waals surface area contributed by atoms with E-state index in [-0.39, 0.29) is 0 Å². The Bertz CT molecular complexity index is 702. The van der Waals surface area contributed by atoms with Crippen LogP contribution in [0.25, 0.3) is 0 Å². The van der Waals surface area contributed by atoms with Crippen molar-refractivity contribution < 1.29 is 19.0 Å². The maximum Gasteiger partial charge on any atom is 0.332 e. The number of hydrogen-bond acceptors (Lipinski definition) is 5. The van der Waals surface area contributed by atoms with Gasteiger partial charge >= 0.3 is 6.03 Å². The van der Waals surface area contributed by atoms with Gasteiger partial charge in [0.15, 0.2) is 0 Å². The van der Waals surface area contributed by atoms with Crippen LogP contribution in [-0.2, 0) is 0 Å². The molecule has 7 heteroatoms. The average Bonchev–Trinajstić information content (AvgIpc) is 2.62. The summed E-state index contributed by atoms with van der Waals surface area (Å²) in [5.74, 6) is 2.30. The van der Waals surface area contributed by atoms with Gasteiger partial charge in [0.2, 0.25) is 0 Å². The first-order valence-electron chi connectivity index (χ1n) is 7.75. The average molecular weight is 343 g/mol. The zero-order valence-corrected chi connectivity index (χ0v) is 14.0. The standard InChI is InChI=1S/C18H21N3O4/c1-23-15-6-8-16(9-7-15)24-10-3-11-25-17-5-2-4-14(12-17)13-20-21-18(19)22/h2,4-9,12-13H,3,10-11H2,1H3,(H3,19,21,22). The molecule has 132 valence electrons. The Labute approximate surface area is 146 Å². The first-order chi connectivity index (χ1) is 12.2. The minimum atomic E-state index is -0.708. The normalized spacial score (nSPS) is 10.4. The molecule has 0 aliphatic rings. The van der Waals surface area contributed by atoms with Gasteiger partial charge in [-0.25, -0.2) is 10.2 Å². The number of nitrogens with two attached hydrogens (primary N) is 1. The van der Waals surface area contributed by atoms with Crippen molar-refractivity contribution in [3.05, 3.63) is 54.1 Å². The molecule has 3 N–H and O–H groups in total. The van der Waals surface area contributed by atoms with E-state index in [1.807, 2.05) is 48.5 Å². The molecule has 0 heterocycles. The van der Waals surface area contributed by atoms with Gasteiger partial charge in [0.05, 0.1) is 26.5 Å². The van der Waals surface area contributed by atoms with E-state index in [0.29, 0.717) is 19.0 Å². The van der Waals surface area contributed by atoms with Crippen LogP contribution in [0.5, 0.6) is 17.2 Å². The molecule has 0 fully saturated rings. The molecule has 2 amide bonds. The van der Waals surface area contributed by atoms with E-state index in [9.17, 15) is 4.79 Å². The highest BCUT2D eigenvalue weighted by molar-refractivity contribution is 5.81. The number of ether oxygens (including phenoxy) is 3. The molecule has 0 saturated carbocycles. The maximum absolute atomic E-state index is 10.5. The van der Waals surface area contributed by atoms with E-state index in [1.165, 1.54) is 6.21 Å². The second-order valence-electron chi connectivity index (χ2n) is 5.03. The second-order valence-corrected chi connectivity index (χ2v) is 5.03. The Kier molecular flexibility index (Phi) is 7.12. The first-order valence-corrected chi connectivity index (χ1v) is 7.75. The van der Waals surface area contributed by atoms with Crippen LogP contribution in [0.15, 0.2) is 53.6 Å². The summed E-state index contributed by atoms with van der Waals surface area (Å²) < 4.78 is 16.4. The number of benzene rings is 2. The third kappa shape index (κ3) is 6.82. The number of amides is 2. The predicted molar refractivity (Wildman–Crippen MR) is 95.4 cm³/mol. The molecule has 0 aliphatic carbocycles. The van der Waals surface area contributed by atoms with Crippen LogP contribution >= 0.6 is 0 Å². The highest BCUT2D eigenvalue weighted by atomic mass is 16.5. The molecule has 7 nitrogen and oxygen atoms in total. The molecular formula is C18H21N3O4. The molecule has 0 atom stereocenters. The third-order valence-electron chi connectivity index (χ3n) is 3.13. The Morgan fingerprint density at radius 2 is 1.76 bits per heavy atom. The molecule has 2 rings (SSSR count).